The molecule has 0 rings (SSSR count). The molecule has 59 valence electrons. The smallest absolute Gasteiger partial charge is 0.323 e. The van der Waals surface area contributed by atoms with Gasteiger partial charge in [-0.2, -0.15) is 0 Å². The Morgan fingerprint density at radius 2 is 2.40 bits per heavy atom. The molecule has 0 saturated carbocycles. The third-order valence-corrected chi connectivity index (χ3v) is 1.31. The molecule has 0 amide bonds. The summed E-state index contributed by atoms with van der Waals surface area (Å²) in [5, 5.41) is 0. The summed E-state index contributed by atoms with van der Waals surface area (Å²) in [7, 11) is 2.99. The minimum absolute atomic E-state index is 0.423. The van der Waals surface area contributed by atoms with E-state index >= 15 is 0 Å². The van der Waals surface area contributed by atoms with Gasteiger partial charge in [0, 0.05) is 0 Å². The van der Waals surface area contributed by atoms with E-state index in [9.17, 15) is 4.79 Å². The molecule has 0 aliphatic carbocycles. The quantitative estimate of drug-likeness (QED) is 0.595. The summed E-state index contributed by atoms with van der Waals surface area (Å²) < 4.78 is 4.20. The summed E-state index contributed by atoms with van der Waals surface area (Å²) >= 11 is 0. The molecule has 0 aromatic heterocycles. The summed E-state index contributed by atoms with van der Waals surface area (Å²) in [6.45, 7) is 2.04. The van der Waals surface area contributed by atoms with Crippen LogP contribution in [0.3, 0.4) is 0 Å². The molecular weight excluding hydrogens is 130 g/mol. The molecule has 1 radical (unpaired) electrons. The van der Waals surface area contributed by atoms with Gasteiger partial charge >= 0.3 is 5.97 Å². The summed E-state index contributed by atoms with van der Waals surface area (Å²) in [5.41, 5.74) is 5.40. The number of ether oxygens (including phenoxy) is 1. The molecule has 0 aromatic carbocycles. The molecule has 10 heavy (non-hydrogen) atoms. The monoisotopic (exact) mass is 144 g/mol. The van der Waals surface area contributed by atoms with Gasteiger partial charge in [0.1, 0.15) is 13.2 Å². The Hall–Kier alpha value is -0.570. The van der Waals surface area contributed by atoms with E-state index in [2.05, 4.69) is 11.8 Å². The second kappa shape index (κ2) is 5.23. The van der Waals surface area contributed by atoms with Gasteiger partial charge in [-0.25, -0.2) is 0 Å². The summed E-state index contributed by atoms with van der Waals surface area (Å²) in [5.74, 6) is -0.423. The van der Waals surface area contributed by atoms with Gasteiger partial charge in [0.2, 0.25) is 0 Å². The van der Waals surface area contributed by atoms with Crippen molar-refractivity contribution in [3.63, 3.8) is 0 Å². The first kappa shape index (κ1) is 9.43. The molecule has 0 aliphatic rings. The van der Waals surface area contributed by atoms with Crippen LogP contribution in [0.5, 0.6) is 0 Å². The number of carbonyl (C=O) groups is 1. The van der Waals surface area contributed by atoms with Crippen LogP contribution in [0.25, 0.3) is 0 Å². The van der Waals surface area contributed by atoms with Crippen molar-refractivity contribution in [1.29, 1.82) is 0 Å². The van der Waals surface area contributed by atoms with E-state index in [-0.39, 0.29) is 0 Å². The number of carbonyl (C=O) groups excluding carboxylic acids is 1. The number of hydrogen-bond acceptors (Lipinski definition) is 3. The van der Waals surface area contributed by atoms with Gasteiger partial charge in [0.25, 0.3) is 0 Å². The first-order valence-corrected chi connectivity index (χ1v) is 3.43. The Bertz CT molecular complexity index is 104. The molecule has 0 bridgehead atoms. The Balaban J connectivity index is 3.41. The number of rotatable bonds is 4. The van der Waals surface area contributed by atoms with Gasteiger partial charge in [-0.1, -0.05) is 19.8 Å². The average molecular weight is 144 g/mol. The lowest BCUT2D eigenvalue weighted by molar-refractivity contribution is -0.140. The Kier molecular flexibility index (Phi) is 4.94. The van der Waals surface area contributed by atoms with E-state index in [0.29, 0.717) is 6.42 Å². The minimum atomic E-state index is -0.488. The molecular formula is C7H14NO2. The topological polar surface area (TPSA) is 52.3 Å². The highest BCUT2D eigenvalue weighted by molar-refractivity contribution is 5.75. The van der Waals surface area contributed by atoms with Gasteiger partial charge in [0.05, 0.1) is 0 Å². The lowest BCUT2D eigenvalue weighted by Gasteiger charge is -2.06. The summed E-state index contributed by atoms with van der Waals surface area (Å²) in [6.07, 6.45) is 2.68. The predicted molar refractivity (Wildman–Crippen MR) is 38.9 cm³/mol. The maximum atomic E-state index is 10.6. The number of nitrogens with two attached hydrogens (primary N) is 1. The normalized spacial score (nSPS) is 12.7. The molecule has 3 nitrogen and oxygen atoms in total. The second-order valence-corrected chi connectivity index (χ2v) is 2.21. The van der Waals surface area contributed by atoms with E-state index in [1.54, 1.807) is 0 Å². The minimum Gasteiger partial charge on any atom is -0.461 e. The highest BCUT2D eigenvalue weighted by Gasteiger charge is 2.11. The number of hydrogen-bond donors (Lipinski definition) is 1. The summed E-state index contributed by atoms with van der Waals surface area (Å²) in [4.78, 5) is 10.6. The standard InChI is InChI=1S/C7H14NO2/c1-3-4-5-6(8)7(9)10-2/h6H,2-5,8H2,1H3. The molecule has 0 aromatic rings. The second-order valence-electron chi connectivity index (χ2n) is 2.21. The average Bonchev–Trinajstić information content (AvgIpc) is 1.98. The number of esters is 1. The van der Waals surface area contributed by atoms with E-state index < -0.39 is 12.0 Å². The molecule has 0 spiro atoms. The fraction of sp³-hybridized carbons (Fsp3) is 0.714. The van der Waals surface area contributed by atoms with Crippen molar-refractivity contribution in [2.75, 3.05) is 0 Å². The third kappa shape index (κ3) is 3.45. The van der Waals surface area contributed by atoms with Crippen LogP contribution < -0.4 is 5.73 Å². The molecule has 2 N–H and O–H groups in total. The van der Waals surface area contributed by atoms with Crippen molar-refractivity contribution in [1.82, 2.24) is 0 Å². The Labute approximate surface area is 61.5 Å². The van der Waals surface area contributed by atoms with Crippen LogP contribution >= 0.6 is 0 Å². The Morgan fingerprint density at radius 3 is 2.80 bits per heavy atom. The van der Waals surface area contributed by atoms with Crippen molar-refractivity contribution >= 4 is 5.97 Å². The van der Waals surface area contributed by atoms with Crippen LogP contribution in [0.1, 0.15) is 26.2 Å². The van der Waals surface area contributed by atoms with Crippen molar-refractivity contribution in [2.45, 2.75) is 32.2 Å². The van der Waals surface area contributed by atoms with Crippen molar-refractivity contribution < 1.29 is 9.53 Å². The number of unbranched alkanes of at least 4 members (excludes halogenated alkanes) is 1. The zero-order chi connectivity index (χ0) is 7.98. The highest BCUT2D eigenvalue weighted by atomic mass is 16.5. The first-order chi connectivity index (χ1) is 4.72. The highest BCUT2D eigenvalue weighted by Crippen LogP contribution is 1.98. The predicted octanol–water partition coefficient (Wildman–Crippen LogP) is 0.839. The van der Waals surface area contributed by atoms with E-state index in [4.69, 9.17) is 5.73 Å². The zero-order valence-electron chi connectivity index (χ0n) is 6.30. The van der Waals surface area contributed by atoms with Crippen LogP contribution in [-0.4, -0.2) is 12.0 Å². The molecule has 0 aliphatic heterocycles. The molecule has 1 atom stereocenters. The SMILES string of the molecule is [CH2]OC(=O)C(N)CCCC. The summed E-state index contributed by atoms with van der Waals surface area (Å²) in [6, 6.07) is -0.488. The van der Waals surface area contributed by atoms with Crippen LogP contribution in [0.4, 0.5) is 0 Å². The van der Waals surface area contributed by atoms with Gasteiger partial charge in [-0.3, -0.25) is 4.79 Å². The van der Waals surface area contributed by atoms with Crippen molar-refractivity contribution in [2.24, 2.45) is 5.73 Å². The van der Waals surface area contributed by atoms with Crippen LogP contribution in [0.15, 0.2) is 0 Å². The van der Waals surface area contributed by atoms with Gasteiger partial charge < -0.3 is 10.5 Å². The lowest BCUT2D eigenvalue weighted by Crippen LogP contribution is -2.30. The van der Waals surface area contributed by atoms with Gasteiger partial charge in [-0.05, 0) is 6.42 Å². The lowest BCUT2D eigenvalue weighted by atomic mass is 10.1. The Morgan fingerprint density at radius 1 is 1.80 bits per heavy atom. The van der Waals surface area contributed by atoms with E-state index in [1.807, 2.05) is 6.92 Å². The fourth-order valence-electron chi connectivity index (χ4n) is 0.649. The van der Waals surface area contributed by atoms with Gasteiger partial charge in [-0.15, -0.1) is 0 Å². The van der Waals surface area contributed by atoms with Crippen LogP contribution in [0.2, 0.25) is 0 Å². The van der Waals surface area contributed by atoms with E-state index in [0.717, 1.165) is 12.8 Å². The first-order valence-electron chi connectivity index (χ1n) is 3.43. The van der Waals surface area contributed by atoms with Crippen LogP contribution in [0, 0.1) is 7.11 Å². The third-order valence-electron chi connectivity index (χ3n) is 1.31. The van der Waals surface area contributed by atoms with Crippen molar-refractivity contribution in [3.8, 4) is 0 Å². The van der Waals surface area contributed by atoms with E-state index in [1.165, 1.54) is 0 Å². The largest absolute Gasteiger partial charge is 0.461 e. The fourth-order valence-corrected chi connectivity index (χ4v) is 0.649. The maximum Gasteiger partial charge on any atom is 0.323 e. The van der Waals surface area contributed by atoms with Crippen LogP contribution in [-0.2, 0) is 9.53 Å². The molecule has 1 unspecified atom stereocenters. The maximum absolute atomic E-state index is 10.6. The molecule has 0 saturated heterocycles. The molecule has 0 fully saturated rings. The van der Waals surface area contributed by atoms with Crippen molar-refractivity contribution in [3.05, 3.63) is 7.11 Å². The molecule has 3 heteroatoms. The zero-order valence-corrected chi connectivity index (χ0v) is 6.30. The molecule has 0 heterocycles. The van der Waals surface area contributed by atoms with Gasteiger partial charge in [0.15, 0.2) is 0 Å².